The van der Waals surface area contributed by atoms with Gasteiger partial charge in [-0.25, -0.2) is 0 Å². The van der Waals surface area contributed by atoms with Gasteiger partial charge in [0.15, 0.2) is 11.9 Å². The quantitative estimate of drug-likeness (QED) is 0.412. The lowest BCUT2D eigenvalue weighted by molar-refractivity contribution is -0.153. The van der Waals surface area contributed by atoms with E-state index in [1.807, 2.05) is 37.2 Å². The molecule has 0 aliphatic carbocycles. The topological polar surface area (TPSA) is 105 Å². The lowest BCUT2D eigenvalue weighted by Crippen LogP contribution is -2.32. The Labute approximate surface area is 187 Å². The standard InChI is InChI=1S/C24H29N3O5/c1-17(24(31)26-19-9-11-20(12-10-19)27(2)3)32-23(30)15-16-25-22(29)14-13-21(28)18-7-5-4-6-8-18/h4-12,17H,13-16H2,1-3H3,(H,25,29)(H,26,31). The third-order valence-corrected chi connectivity index (χ3v) is 4.65. The first-order chi connectivity index (χ1) is 15.3. The van der Waals surface area contributed by atoms with Crippen molar-refractivity contribution in [2.45, 2.75) is 32.3 Å². The minimum atomic E-state index is -0.977. The van der Waals surface area contributed by atoms with Gasteiger partial charge in [0, 0.05) is 50.4 Å². The molecule has 2 aromatic rings. The summed E-state index contributed by atoms with van der Waals surface area (Å²) in [7, 11) is 3.84. The summed E-state index contributed by atoms with van der Waals surface area (Å²) in [6.45, 7) is 1.55. The van der Waals surface area contributed by atoms with E-state index in [4.69, 9.17) is 4.74 Å². The van der Waals surface area contributed by atoms with Crippen LogP contribution >= 0.6 is 0 Å². The van der Waals surface area contributed by atoms with Crippen molar-refractivity contribution in [1.29, 1.82) is 0 Å². The number of esters is 1. The summed E-state index contributed by atoms with van der Waals surface area (Å²) in [5.74, 6) is -1.49. The van der Waals surface area contributed by atoms with Crippen LogP contribution in [0.3, 0.4) is 0 Å². The number of rotatable bonds is 11. The zero-order chi connectivity index (χ0) is 23.5. The number of hydrogen-bond acceptors (Lipinski definition) is 6. The van der Waals surface area contributed by atoms with Crippen molar-refractivity contribution in [1.82, 2.24) is 5.32 Å². The first-order valence-electron chi connectivity index (χ1n) is 10.4. The number of hydrogen-bond donors (Lipinski definition) is 2. The first kappa shape index (κ1) is 24.6. The fourth-order valence-electron chi connectivity index (χ4n) is 2.78. The Balaban J connectivity index is 1.65. The van der Waals surface area contributed by atoms with Gasteiger partial charge in [-0.2, -0.15) is 0 Å². The Hall–Kier alpha value is -3.68. The van der Waals surface area contributed by atoms with Crippen molar-refractivity contribution < 1.29 is 23.9 Å². The Bertz CT molecular complexity index is 926. The van der Waals surface area contributed by atoms with Crippen LogP contribution in [0.25, 0.3) is 0 Å². The zero-order valence-electron chi connectivity index (χ0n) is 18.6. The van der Waals surface area contributed by atoms with Crippen LogP contribution in [-0.4, -0.2) is 50.3 Å². The lowest BCUT2D eigenvalue weighted by atomic mass is 10.1. The van der Waals surface area contributed by atoms with E-state index in [1.54, 1.807) is 36.4 Å². The largest absolute Gasteiger partial charge is 0.452 e. The molecule has 0 saturated carbocycles. The predicted molar refractivity (Wildman–Crippen MR) is 123 cm³/mol. The number of Topliss-reactive ketones (excluding diaryl/α,β-unsaturated/α-hetero) is 1. The van der Waals surface area contributed by atoms with E-state index < -0.39 is 18.0 Å². The number of amides is 2. The minimum absolute atomic E-state index is 0.0359. The maximum Gasteiger partial charge on any atom is 0.308 e. The monoisotopic (exact) mass is 439 g/mol. The first-order valence-corrected chi connectivity index (χ1v) is 10.4. The molecule has 0 bridgehead atoms. The molecule has 2 N–H and O–H groups in total. The van der Waals surface area contributed by atoms with E-state index in [1.165, 1.54) is 6.92 Å². The van der Waals surface area contributed by atoms with Gasteiger partial charge in [0.25, 0.3) is 5.91 Å². The van der Waals surface area contributed by atoms with Gasteiger partial charge >= 0.3 is 5.97 Å². The van der Waals surface area contributed by atoms with E-state index in [0.717, 1.165) is 5.69 Å². The summed E-state index contributed by atoms with van der Waals surface area (Å²) < 4.78 is 5.12. The summed E-state index contributed by atoms with van der Waals surface area (Å²) in [5, 5.41) is 5.27. The molecular weight excluding hydrogens is 410 g/mol. The Morgan fingerprint density at radius 1 is 0.906 bits per heavy atom. The highest BCUT2D eigenvalue weighted by atomic mass is 16.5. The number of ketones is 1. The number of ether oxygens (including phenoxy) is 1. The van der Waals surface area contributed by atoms with Crippen LogP contribution in [0.1, 0.15) is 36.5 Å². The number of anilines is 2. The molecular formula is C24H29N3O5. The third kappa shape index (κ3) is 8.22. The van der Waals surface area contributed by atoms with Gasteiger partial charge in [-0.15, -0.1) is 0 Å². The van der Waals surface area contributed by atoms with Gasteiger partial charge in [0.2, 0.25) is 5.91 Å². The average Bonchev–Trinajstić information content (AvgIpc) is 2.78. The van der Waals surface area contributed by atoms with Crippen LogP contribution in [0.4, 0.5) is 11.4 Å². The molecule has 1 atom stereocenters. The molecule has 0 aliphatic rings. The van der Waals surface area contributed by atoms with Crippen molar-refractivity contribution in [2.24, 2.45) is 0 Å². The minimum Gasteiger partial charge on any atom is -0.452 e. The molecule has 170 valence electrons. The predicted octanol–water partition coefficient (Wildman–Crippen LogP) is 2.79. The SMILES string of the molecule is CC(OC(=O)CCNC(=O)CCC(=O)c1ccccc1)C(=O)Nc1ccc(N(C)C)cc1. The van der Waals surface area contributed by atoms with Gasteiger partial charge in [0.1, 0.15) is 0 Å². The van der Waals surface area contributed by atoms with Gasteiger partial charge in [-0.05, 0) is 31.2 Å². The second-order valence-corrected chi connectivity index (χ2v) is 7.45. The molecule has 32 heavy (non-hydrogen) atoms. The molecule has 2 rings (SSSR count). The van der Waals surface area contributed by atoms with Crippen molar-refractivity contribution in [3.8, 4) is 0 Å². The highest BCUT2D eigenvalue weighted by Gasteiger charge is 2.18. The van der Waals surface area contributed by atoms with Crippen LogP contribution in [0.2, 0.25) is 0 Å². The number of nitrogens with one attached hydrogen (secondary N) is 2. The molecule has 2 amide bonds. The Kier molecular flexibility index (Phi) is 9.41. The lowest BCUT2D eigenvalue weighted by Gasteiger charge is -2.15. The third-order valence-electron chi connectivity index (χ3n) is 4.65. The van der Waals surface area contributed by atoms with Crippen molar-refractivity contribution in [2.75, 3.05) is 30.9 Å². The molecule has 0 heterocycles. The summed E-state index contributed by atoms with van der Waals surface area (Å²) in [6.07, 6.45) is -0.926. The molecule has 0 saturated heterocycles. The second kappa shape index (κ2) is 12.2. The van der Waals surface area contributed by atoms with Crippen molar-refractivity contribution >= 4 is 34.9 Å². The number of nitrogens with zero attached hydrogens (tertiary/aromatic N) is 1. The fourth-order valence-corrected chi connectivity index (χ4v) is 2.78. The highest BCUT2D eigenvalue weighted by molar-refractivity contribution is 5.98. The van der Waals surface area contributed by atoms with Crippen molar-refractivity contribution in [3.05, 3.63) is 60.2 Å². The highest BCUT2D eigenvalue weighted by Crippen LogP contribution is 2.16. The molecule has 0 spiro atoms. The van der Waals surface area contributed by atoms with Gasteiger partial charge < -0.3 is 20.3 Å². The fraction of sp³-hybridized carbons (Fsp3) is 0.333. The Morgan fingerprint density at radius 3 is 2.19 bits per heavy atom. The smallest absolute Gasteiger partial charge is 0.308 e. The molecule has 2 aromatic carbocycles. The molecule has 0 aliphatic heterocycles. The van der Waals surface area contributed by atoms with E-state index in [2.05, 4.69) is 10.6 Å². The molecule has 0 fully saturated rings. The number of benzene rings is 2. The van der Waals surface area contributed by atoms with Crippen molar-refractivity contribution in [3.63, 3.8) is 0 Å². The van der Waals surface area contributed by atoms with Crippen LogP contribution < -0.4 is 15.5 Å². The van der Waals surface area contributed by atoms with Gasteiger partial charge in [-0.3, -0.25) is 19.2 Å². The van der Waals surface area contributed by atoms with Gasteiger partial charge in [0.05, 0.1) is 6.42 Å². The Morgan fingerprint density at radius 2 is 1.56 bits per heavy atom. The molecule has 1 unspecified atom stereocenters. The van der Waals surface area contributed by atoms with Crippen LogP contribution in [0.15, 0.2) is 54.6 Å². The zero-order valence-corrected chi connectivity index (χ0v) is 18.6. The summed E-state index contributed by atoms with van der Waals surface area (Å²) in [4.78, 5) is 50.0. The van der Waals surface area contributed by atoms with Crippen LogP contribution in [0.5, 0.6) is 0 Å². The van der Waals surface area contributed by atoms with E-state index in [9.17, 15) is 19.2 Å². The number of carbonyl (C=O) groups excluding carboxylic acids is 4. The van der Waals surface area contributed by atoms with E-state index >= 15 is 0 Å². The maximum absolute atomic E-state index is 12.2. The van der Waals surface area contributed by atoms with Crippen LogP contribution in [-0.2, 0) is 19.1 Å². The van der Waals surface area contributed by atoms with Gasteiger partial charge in [-0.1, -0.05) is 30.3 Å². The van der Waals surface area contributed by atoms with E-state index in [-0.39, 0.29) is 37.5 Å². The summed E-state index contributed by atoms with van der Waals surface area (Å²) >= 11 is 0. The maximum atomic E-state index is 12.2. The normalized spacial score (nSPS) is 11.2. The number of carbonyl (C=O) groups is 4. The average molecular weight is 440 g/mol. The summed E-state index contributed by atoms with van der Waals surface area (Å²) in [6, 6.07) is 16.0. The molecule has 8 heteroatoms. The molecule has 8 nitrogen and oxygen atoms in total. The second-order valence-electron chi connectivity index (χ2n) is 7.45. The van der Waals surface area contributed by atoms with Crippen LogP contribution in [0, 0.1) is 0 Å². The van der Waals surface area contributed by atoms with E-state index in [0.29, 0.717) is 11.3 Å². The molecule has 0 aromatic heterocycles. The summed E-state index contributed by atoms with van der Waals surface area (Å²) in [5.41, 5.74) is 2.15. The molecule has 0 radical (unpaired) electrons.